The van der Waals surface area contributed by atoms with Crippen LogP contribution in [0, 0.1) is 10.1 Å². The fourth-order valence-corrected chi connectivity index (χ4v) is 4.22. The first-order chi connectivity index (χ1) is 13.8. The Labute approximate surface area is 170 Å². The van der Waals surface area contributed by atoms with Crippen molar-refractivity contribution in [3.05, 3.63) is 52.2 Å². The van der Waals surface area contributed by atoms with Crippen LogP contribution in [0.15, 0.2) is 41.3 Å². The summed E-state index contributed by atoms with van der Waals surface area (Å²) in [5.41, 5.74) is 2.61. The van der Waals surface area contributed by atoms with Gasteiger partial charge in [-0.2, -0.15) is 5.10 Å². The highest BCUT2D eigenvalue weighted by Crippen LogP contribution is 2.33. The minimum absolute atomic E-state index is 0.00659. The van der Waals surface area contributed by atoms with Gasteiger partial charge in [0.15, 0.2) is 9.84 Å². The van der Waals surface area contributed by atoms with Gasteiger partial charge < -0.3 is 4.84 Å². The molecule has 0 unspecified atom stereocenters. The summed E-state index contributed by atoms with van der Waals surface area (Å²) in [6, 6.07) is 9.14. The molecular formula is C20H25N3O5S. The van der Waals surface area contributed by atoms with Crippen LogP contribution in [-0.2, 0) is 14.7 Å². The lowest BCUT2D eigenvalue weighted by Crippen LogP contribution is -2.15. The van der Waals surface area contributed by atoms with E-state index in [-0.39, 0.29) is 11.5 Å². The minimum atomic E-state index is -3.24. The van der Waals surface area contributed by atoms with Crippen LogP contribution >= 0.6 is 0 Å². The molecule has 1 heterocycles. The first-order valence-electron chi connectivity index (χ1n) is 9.68. The van der Waals surface area contributed by atoms with E-state index < -0.39 is 14.9 Å². The van der Waals surface area contributed by atoms with Crippen molar-refractivity contribution < 1.29 is 18.3 Å². The van der Waals surface area contributed by atoms with E-state index in [2.05, 4.69) is 4.84 Å². The van der Waals surface area contributed by atoms with Crippen molar-refractivity contribution >= 4 is 15.9 Å². The zero-order valence-corrected chi connectivity index (χ0v) is 17.2. The summed E-state index contributed by atoms with van der Waals surface area (Å²) in [7, 11) is -3.24. The Balaban J connectivity index is 1.86. The van der Waals surface area contributed by atoms with Gasteiger partial charge in [-0.3, -0.25) is 4.68 Å². The monoisotopic (exact) mass is 419 g/mol. The predicted molar refractivity (Wildman–Crippen MR) is 109 cm³/mol. The molecular weight excluding hydrogens is 394 g/mol. The standard InChI is InChI=1S/C20H25N3O5S/c1-29(26,27)19-12-10-16(11-13-19)20-15-17(7-5-6-14-28-23(24)25)21-22(20)18-8-3-2-4-9-18/h5,7,10-13,15,18H,2-4,6,8-9,14H2,1H3. The van der Waals surface area contributed by atoms with Crippen LogP contribution in [0.4, 0.5) is 0 Å². The summed E-state index contributed by atoms with van der Waals surface area (Å²) in [5.74, 6) is 0. The van der Waals surface area contributed by atoms with Gasteiger partial charge in [0.05, 0.1) is 28.9 Å². The van der Waals surface area contributed by atoms with Gasteiger partial charge in [-0.05, 0) is 49.1 Å². The normalized spacial score (nSPS) is 15.6. The van der Waals surface area contributed by atoms with Gasteiger partial charge in [-0.25, -0.2) is 8.42 Å². The summed E-state index contributed by atoms with van der Waals surface area (Å²) >= 11 is 0. The van der Waals surface area contributed by atoms with Crippen LogP contribution in [0.3, 0.4) is 0 Å². The van der Waals surface area contributed by atoms with Crippen LogP contribution in [0.1, 0.15) is 50.3 Å². The minimum Gasteiger partial charge on any atom is -0.314 e. The van der Waals surface area contributed by atoms with Crippen molar-refractivity contribution in [3.8, 4) is 11.3 Å². The lowest BCUT2D eigenvalue weighted by molar-refractivity contribution is -0.757. The second-order valence-corrected chi connectivity index (χ2v) is 9.25. The fourth-order valence-electron chi connectivity index (χ4n) is 3.59. The molecule has 0 bridgehead atoms. The van der Waals surface area contributed by atoms with Crippen molar-refractivity contribution in [2.75, 3.05) is 12.9 Å². The Morgan fingerprint density at radius 3 is 2.55 bits per heavy atom. The van der Waals surface area contributed by atoms with Gasteiger partial charge in [0.25, 0.3) is 5.09 Å². The molecule has 1 saturated carbocycles. The Hall–Kier alpha value is -2.68. The molecule has 2 aromatic rings. The second-order valence-electron chi connectivity index (χ2n) is 7.24. The van der Waals surface area contributed by atoms with E-state index >= 15 is 0 Å². The van der Waals surface area contributed by atoms with E-state index in [0.717, 1.165) is 29.8 Å². The average Bonchev–Trinajstić information content (AvgIpc) is 3.12. The molecule has 0 atom stereocenters. The Kier molecular flexibility index (Phi) is 6.68. The summed E-state index contributed by atoms with van der Waals surface area (Å²) in [6.45, 7) is 0.00659. The van der Waals surface area contributed by atoms with E-state index in [1.54, 1.807) is 18.2 Å². The lowest BCUT2D eigenvalue weighted by atomic mass is 9.95. The maximum atomic E-state index is 11.7. The Morgan fingerprint density at radius 1 is 1.24 bits per heavy atom. The van der Waals surface area contributed by atoms with Crippen molar-refractivity contribution in [1.82, 2.24) is 9.78 Å². The molecule has 1 aromatic heterocycles. The predicted octanol–water partition coefficient (Wildman–Crippen LogP) is 4.07. The smallest absolute Gasteiger partial charge is 0.294 e. The number of nitrogens with zero attached hydrogens (tertiary/aromatic N) is 3. The van der Waals surface area contributed by atoms with Crippen molar-refractivity contribution in [2.45, 2.75) is 49.5 Å². The molecule has 0 N–H and O–H groups in total. The van der Waals surface area contributed by atoms with E-state index in [1.165, 1.54) is 25.5 Å². The maximum absolute atomic E-state index is 11.7. The molecule has 1 aromatic carbocycles. The van der Waals surface area contributed by atoms with Gasteiger partial charge in [0, 0.05) is 6.26 Å². The summed E-state index contributed by atoms with van der Waals surface area (Å²) < 4.78 is 25.5. The molecule has 1 fully saturated rings. The third-order valence-corrected chi connectivity index (χ3v) is 6.15. The van der Waals surface area contributed by atoms with E-state index in [0.29, 0.717) is 12.5 Å². The summed E-state index contributed by atoms with van der Waals surface area (Å²) in [4.78, 5) is 14.8. The van der Waals surface area contributed by atoms with Gasteiger partial charge >= 0.3 is 0 Å². The molecule has 29 heavy (non-hydrogen) atoms. The highest BCUT2D eigenvalue weighted by Gasteiger charge is 2.20. The van der Waals surface area contributed by atoms with Crippen molar-refractivity contribution in [1.29, 1.82) is 0 Å². The van der Waals surface area contributed by atoms with Crippen LogP contribution in [0.5, 0.6) is 0 Å². The van der Waals surface area contributed by atoms with Crippen molar-refractivity contribution in [3.63, 3.8) is 0 Å². The largest absolute Gasteiger partial charge is 0.314 e. The molecule has 8 nitrogen and oxygen atoms in total. The number of sulfone groups is 1. The molecule has 1 aliphatic carbocycles. The lowest BCUT2D eigenvalue weighted by Gasteiger charge is -2.24. The molecule has 1 aliphatic rings. The number of hydrogen-bond donors (Lipinski definition) is 0. The van der Waals surface area contributed by atoms with Crippen molar-refractivity contribution in [2.24, 2.45) is 0 Å². The third-order valence-electron chi connectivity index (χ3n) is 5.02. The van der Waals surface area contributed by atoms with Crippen LogP contribution in [0.25, 0.3) is 17.3 Å². The molecule has 0 amide bonds. The zero-order valence-electron chi connectivity index (χ0n) is 16.4. The molecule has 9 heteroatoms. The van der Waals surface area contributed by atoms with E-state index in [9.17, 15) is 18.5 Å². The maximum Gasteiger partial charge on any atom is 0.294 e. The molecule has 0 saturated heterocycles. The highest BCUT2D eigenvalue weighted by molar-refractivity contribution is 7.90. The Bertz CT molecular complexity index is 974. The highest BCUT2D eigenvalue weighted by atomic mass is 32.2. The van der Waals surface area contributed by atoms with E-state index in [1.807, 2.05) is 29.0 Å². The zero-order chi connectivity index (χ0) is 20.9. The topological polar surface area (TPSA) is 104 Å². The van der Waals surface area contributed by atoms with Crippen LogP contribution in [-0.4, -0.2) is 36.1 Å². The molecule has 0 aliphatic heterocycles. The molecule has 0 radical (unpaired) electrons. The number of rotatable bonds is 8. The first-order valence-corrected chi connectivity index (χ1v) is 11.6. The van der Waals surface area contributed by atoms with Gasteiger partial charge in [0.2, 0.25) is 0 Å². The first kappa shape index (κ1) is 21.0. The Morgan fingerprint density at radius 2 is 1.93 bits per heavy atom. The quantitative estimate of drug-likeness (QED) is 0.363. The fraction of sp³-hybridized carbons (Fsp3) is 0.450. The molecule has 0 spiro atoms. The van der Waals surface area contributed by atoms with Gasteiger partial charge in [0.1, 0.15) is 0 Å². The van der Waals surface area contributed by atoms with Gasteiger partial charge in [-0.1, -0.05) is 37.5 Å². The van der Waals surface area contributed by atoms with E-state index in [4.69, 9.17) is 5.10 Å². The number of hydrogen-bond acceptors (Lipinski definition) is 6. The number of benzene rings is 1. The van der Waals surface area contributed by atoms with Crippen LogP contribution in [0.2, 0.25) is 0 Å². The number of aromatic nitrogens is 2. The SMILES string of the molecule is CS(=O)(=O)c1ccc(-c2cc(C=CCCO[N+](=O)[O-])nn2C2CCCCC2)cc1. The molecule has 3 rings (SSSR count). The third kappa shape index (κ3) is 5.66. The summed E-state index contributed by atoms with van der Waals surface area (Å²) in [6.07, 6.45) is 10.9. The van der Waals surface area contributed by atoms with Gasteiger partial charge in [-0.15, -0.1) is 10.1 Å². The van der Waals surface area contributed by atoms with Crippen LogP contribution < -0.4 is 0 Å². The second kappa shape index (κ2) is 9.21. The molecule has 156 valence electrons. The summed E-state index contributed by atoms with van der Waals surface area (Å²) in [5, 5.41) is 14.2. The average molecular weight is 420 g/mol.